The summed E-state index contributed by atoms with van der Waals surface area (Å²) in [6, 6.07) is 9.20. The molecule has 1 aromatic carbocycles. The first-order valence-electron chi connectivity index (χ1n) is 8.16. The van der Waals surface area contributed by atoms with Crippen molar-refractivity contribution in [1.29, 1.82) is 0 Å². The van der Waals surface area contributed by atoms with Crippen LogP contribution in [0.2, 0.25) is 0 Å². The molecule has 142 valence electrons. The lowest BCUT2D eigenvalue weighted by molar-refractivity contribution is -0.274. The number of aromatic nitrogens is 2. The van der Waals surface area contributed by atoms with Crippen molar-refractivity contribution >= 4 is 17.3 Å². The fourth-order valence-electron chi connectivity index (χ4n) is 2.54. The number of aryl methyl sites for hydroxylation is 1. The molecule has 0 spiro atoms. The van der Waals surface area contributed by atoms with E-state index in [1.807, 2.05) is 35.9 Å². The second kappa shape index (κ2) is 7.56. The minimum absolute atomic E-state index is 0.166. The monoisotopic (exact) mass is 377 g/mol. The molecule has 2 aromatic heterocycles. The van der Waals surface area contributed by atoms with Crippen molar-refractivity contribution < 1.29 is 17.9 Å². The molecular weight excluding hydrogens is 359 g/mol. The first-order chi connectivity index (χ1) is 12.8. The summed E-state index contributed by atoms with van der Waals surface area (Å²) in [6.45, 7) is 2.42. The first-order valence-corrected chi connectivity index (χ1v) is 8.16. The number of guanidine groups is 1. The van der Waals surface area contributed by atoms with Crippen LogP contribution in [0.5, 0.6) is 5.75 Å². The van der Waals surface area contributed by atoms with Gasteiger partial charge in [-0.2, -0.15) is 0 Å². The molecule has 3 rings (SSSR count). The van der Waals surface area contributed by atoms with E-state index in [4.69, 9.17) is 5.73 Å². The van der Waals surface area contributed by atoms with Crippen molar-refractivity contribution in [2.45, 2.75) is 19.7 Å². The Hall–Kier alpha value is -3.23. The predicted octanol–water partition coefficient (Wildman–Crippen LogP) is 3.51. The highest BCUT2D eigenvalue weighted by molar-refractivity contribution is 5.92. The molecule has 0 atom stereocenters. The summed E-state index contributed by atoms with van der Waals surface area (Å²) in [6.07, 6.45) is -0.223. The summed E-state index contributed by atoms with van der Waals surface area (Å²) in [7, 11) is 0. The van der Waals surface area contributed by atoms with Crippen molar-refractivity contribution in [3.8, 4) is 5.75 Å². The average Bonchev–Trinajstić information content (AvgIpc) is 3.00. The van der Waals surface area contributed by atoms with Crippen LogP contribution in [0.15, 0.2) is 53.8 Å². The lowest BCUT2D eigenvalue weighted by Gasteiger charge is -2.10. The summed E-state index contributed by atoms with van der Waals surface area (Å²) in [4.78, 5) is 8.77. The van der Waals surface area contributed by atoms with Gasteiger partial charge in [-0.15, -0.1) is 13.2 Å². The lowest BCUT2D eigenvalue weighted by Crippen LogP contribution is -2.23. The van der Waals surface area contributed by atoms with Gasteiger partial charge in [-0.25, -0.2) is 4.98 Å². The maximum atomic E-state index is 12.1. The van der Waals surface area contributed by atoms with Crippen LogP contribution < -0.4 is 15.8 Å². The van der Waals surface area contributed by atoms with Crippen molar-refractivity contribution in [2.24, 2.45) is 10.7 Å². The molecule has 0 unspecified atom stereocenters. The van der Waals surface area contributed by atoms with Crippen LogP contribution in [-0.2, 0) is 6.42 Å². The quantitative estimate of drug-likeness (QED) is 0.527. The number of imidazole rings is 1. The van der Waals surface area contributed by atoms with Crippen LogP contribution in [0.3, 0.4) is 0 Å². The minimum atomic E-state index is -4.72. The smallest absolute Gasteiger partial charge is 0.406 e. The average molecular weight is 377 g/mol. The predicted molar refractivity (Wildman–Crippen MR) is 96.9 cm³/mol. The maximum absolute atomic E-state index is 12.1. The number of benzene rings is 1. The molecule has 0 saturated carbocycles. The van der Waals surface area contributed by atoms with E-state index >= 15 is 0 Å². The van der Waals surface area contributed by atoms with Gasteiger partial charge in [0.05, 0.1) is 5.69 Å². The van der Waals surface area contributed by atoms with Crippen LogP contribution in [0.4, 0.5) is 18.9 Å². The number of hydrogen-bond donors (Lipinski definition) is 2. The topological polar surface area (TPSA) is 76.9 Å². The number of hydrogen-bond acceptors (Lipinski definition) is 3. The number of aliphatic imine (C=N–C) groups is 1. The van der Waals surface area contributed by atoms with E-state index in [-0.39, 0.29) is 11.7 Å². The number of alkyl halides is 3. The number of fused-ring (bicyclic) bond motifs is 1. The van der Waals surface area contributed by atoms with Crippen molar-refractivity contribution in [2.75, 3.05) is 11.9 Å². The Morgan fingerprint density at radius 2 is 2.00 bits per heavy atom. The first kappa shape index (κ1) is 18.6. The van der Waals surface area contributed by atoms with Crippen molar-refractivity contribution in [3.05, 3.63) is 60.0 Å². The van der Waals surface area contributed by atoms with Crippen LogP contribution in [-0.4, -0.2) is 28.3 Å². The number of nitrogens with one attached hydrogen (secondary N) is 1. The Balaban J connectivity index is 1.55. The van der Waals surface area contributed by atoms with Gasteiger partial charge in [0, 0.05) is 31.0 Å². The van der Waals surface area contributed by atoms with Gasteiger partial charge in [-0.3, -0.25) is 4.99 Å². The van der Waals surface area contributed by atoms with E-state index in [9.17, 15) is 13.2 Å². The molecular formula is C18H18F3N5O. The van der Waals surface area contributed by atoms with Gasteiger partial charge >= 0.3 is 6.36 Å². The lowest BCUT2D eigenvalue weighted by atomic mass is 10.3. The molecule has 0 aliphatic carbocycles. The van der Waals surface area contributed by atoms with E-state index in [0.717, 1.165) is 16.9 Å². The number of ether oxygens (including phenoxy) is 1. The fourth-order valence-corrected chi connectivity index (χ4v) is 2.54. The van der Waals surface area contributed by atoms with Crippen molar-refractivity contribution in [3.63, 3.8) is 0 Å². The molecule has 0 fully saturated rings. The Morgan fingerprint density at radius 1 is 1.26 bits per heavy atom. The molecule has 9 heteroatoms. The Kier molecular flexibility index (Phi) is 5.20. The van der Waals surface area contributed by atoms with E-state index in [1.165, 1.54) is 24.3 Å². The maximum Gasteiger partial charge on any atom is 0.573 e. The van der Waals surface area contributed by atoms with Crippen molar-refractivity contribution in [1.82, 2.24) is 9.38 Å². The van der Waals surface area contributed by atoms with Gasteiger partial charge in [0.25, 0.3) is 0 Å². The Morgan fingerprint density at radius 3 is 2.67 bits per heavy atom. The minimum Gasteiger partial charge on any atom is -0.406 e. The van der Waals surface area contributed by atoms with Crippen LogP contribution in [0.25, 0.3) is 5.65 Å². The summed E-state index contributed by atoms with van der Waals surface area (Å²) >= 11 is 0. The van der Waals surface area contributed by atoms with Gasteiger partial charge in [-0.1, -0.05) is 6.07 Å². The zero-order valence-electron chi connectivity index (χ0n) is 14.5. The molecule has 0 amide bonds. The number of nitrogens with zero attached hydrogens (tertiary/aromatic N) is 3. The summed E-state index contributed by atoms with van der Waals surface area (Å²) < 4.78 is 42.2. The number of halogens is 3. The van der Waals surface area contributed by atoms with Crippen LogP contribution in [0, 0.1) is 6.92 Å². The number of anilines is 1. The molecule has 6 nitrogen and oxygen atoms in total. The molecule has 0 aliphatic heterocycles. The Labute approximate surface area is 153 Å². The molecule has 3 N–H and O–H groups in total. The highest BCUT2D eigenvalue weighted by Gasteiger charge is 2.30. The van der Waals surface area contributed by atoms with Gasteiger partial charge in [-0.05, 0) is 42.8 Å². The summed E-state index contributed by atoms with van der Waals surface area (Å²) in [5.74, 6) is -0.134. The molecule has 27 heavy (non-hydrogen) atoms. The van der Waals surface area contributed by atoms with Gasteiger partial charge in [0.1, 0.15) is 11.4 Å². The third-order valence-electron chi connectivity index (χ3n) is 3.74. The fraction of sp³-hybridized carbons (Fsp3) is 0.222. The second-order valence-corrected chi connectivity index (χ2v) is 5.87. The van der Waals surface area contributed by atoms with E-state index in [0.29, 0.717) is 18.7 Å². The van der Waals surface area contributed by atoms with Crippen LogP contribution >= 0.6 is 0 Å². The zero-order chi connectivity index (χ0) is 19.4. The van der Waals surface area contributed by atoms with E-state index < -0.39 is 6.36 Å². The summed E-state index contributed by atoms with van der Waals surface area (Å²) in [5, 5.41) is 2.82. The largest absolute Gasteiger partial charge is 0.573 e. The third-order valence-corrected chi connectivity index (χ3v) is 3.74. The highest BCUT2D eigenvalue weighted by atomic mass is 19.4. The molecule has 0 aliphatic rings. The van der Waals surface area contributed by atoms with Gasteiger partial charge in [0.15, 0.2) is 5.96 Å². The molecule has 2 heterocycles. The molecule has 3 aromatic rings. The normalized spacial score (nSPS) is 12.4. The van der Waals surface area contributed by atoms with E-state index in [1.54, 1.807) is 0 Å². The van der Waals surface area contributed by atoms with Crippen LogP contribution in [0.1, 0.15) is 11.3 Å². The second-order valence-electron chi connectivity index (χ2n) is 5.87. The summed E-state index contributed by atoms with van der Waals surface area (Å²) in [5.41, 5.74) is 9.21. The number of nitrogens with two attached hydrogens (primary N) is 1. The molecule has 0 radical (unpaired) electrons. The van der Waals surface area contributed by atoms with Gasteiger partial charge < -0.3 is 20.2 Å². The molecule has 0 bridgehead atoms. The number of pyridine rings is 1. The Bertz CT molecular complexity index is 948. The van der Waals surface area contributed by atoms with E-state index in [2.05, 4.69) is 20.0 Å². The van der Waals surface area contributed by atoms with Gasteiger partial charge in [0.2, 0.25) is 0 Å². The number of rotatable bonds is 5. The molecule has 0 saturated heterocycles. The zero-order valence-corrected chi connectivity index (χ0v) is 14.5. The highest BCUT2D eigenvalue weighted by Crippen LogP contribution is 2.23. The SMILES string of the molecule is Cc1cccn2cc(CCN=C(N)Nc3ccc(OC(F)(F)F)cc3)nc12. The standard InChI is InChI=1S/C18H18F3N5O/c1-12-3-2-10-26-11-14(24-16(12)26)8-9-23-17(22)25-13-4-6-15(7-5-13)27-18(19,20)21/h2-7,10-11H,8-9H2,1H3,(H3,22,23,25). The third kappa shape index (κ3) is 5.13.